The van der Waals surface area contributed by atoms with Crippen molar-refractivity contribution in [2.24, 2.45) is 0 Å². The lowest BCUT2D eigenvalue weighted by molar-refractivity contribution is 0.641. The van der Waals surface area contributed by atoms with E-state index in [0.717, 1.165) is 19.5 Å². The fourth-order valence-electron chi connectivity index (χ4n) is 1.30. The van der Waals surface area contributed by atoms with Crippen LogP contribution < -0.4 is 5.32 Å². The Hall–Kier alpha value is -0.310. The summed E-state index contributed by atoms with van der Waals surface area (Å²) in [5, 5.41) is 3.31. The van der Waals surface area contributed by atoms with Gasteiger partial charge >= 0.3 is 0 Å². The Balaban J connectivity index is 0.000000605. The third-order valence-corrected chi connectivity index (χ3v) is 1.89. The number of hydrogen-bond donors (Lipinski definition) is 1. The summed E-state index contributed by atoms with van der Waals surface area (Å²) in [6.07, 6.45) is 4.95. The van der Waals surface area contributed by atoms with Gasteiger partial charge in [-0.2, -0.15) is 0 Å². The first kappa shape index (κ1) is 11.7. The first-order valence-electron chi connectivity index (χ1n) is 3.59. The number of fused-ring (bicyclic) bond motifs is 1. The Labute approximate surface area is 84.6 Å². The fraction of sp³-hybridized carbons (Fsp3) is 0.375. The molecule has 0 amide bonds. The molecule has 1 aromatic rings. The largest absolute Gasteiger partial charge is 0.312 e. The quantitative estimate of drug-likeness (QED) is 0.698. The predicted molar refractivity (Wildman–Crippen MR) is 54.1 cm³/mol. The molecule has 0 unspecified atom stereocenters. The molecule has 2 heterocycles. The highest BCUT2D eigenvalue weighted by molar-refractivity contribution is 5.85. The molecule has 2 rings (SSSR count). The minimum Gasteiger partial charge on any atom is -0.312 e. The van der Waals surface area contributed by atoms with Crippen LogP contribution in [-0.2, 0) is 13.0 Å². The van der Waals surface area contributed by atoms with Crippen LogP contribution in [0, 0.1) is 0 Å². The third kappa shape index (κ3) is 2.34. The highest BCUT2D eigenvalue weighted by atomic mass is 35.5. The van der Waals surface area contributed by atoms with E-state index in [1.165, 1.54) is 11.1 Å². The monoisotopic (exact) mass is 206 g/mol. The molecule has 2 nitrogen and oxygen atoms in total. The van der Waals surface area contributed by atoms with Gasteiger partial charge in [0.25, 0.3) is 0 Å². The van der Waals surface area contributed by atoms with Crippen LogP contribution >= 0.6 is 24.8 Å². The molecule has 0 atom stereocenters. The Morgan fingerprint density at radius 1 is 1.25 bits per heavy atom. The van der Waals surface area contributed by atoms with Crippen LogP contribution in [0.15, 0.2) is 18.5 Å². The van der Waals surface area contributed by atoms with Gasteiger partial charge < -0.3 is 5.32 Å². The fourth-order valence-corrected chi connectivity index (χ4v) is 1.30. The average Bonchev–Trinajstić information content (AvgIpc) is 2.05. The van der Waals surface area contributed by atoms with Crippen molar-refractivity contribution in [1.82, 2.24) is 10.3 Å². The standard InChI is InChI=1S/C8H10N2.2ClH/c1-3-9-6-8-2-4-10-5-7(1)8;;/h1,3,6,10H,2,4-5H2;2*1H. The number of hydrogen-bond acceptors (Lipinski definition) is 2. The lowest BCUT2D eigenvalue weighted by Gasteiger charge is -2.15. The first-order chi connectivity index (χ1) is 4.97. The minimum absolute atomic E-state index is 0. The number of aromatic nitrogens is 1. The predicted octanol–water partition coefficient (Wildman–Crippen LogP) is 1.57. The molecule has 0 bridgehead atoms. The summed E-state index contributed by atoms with van der Waals surface area (Å²) >= 11 is 0. The van der Waals surface area contributed by atoms with Crippen molar-refractivity contribution in [3.8, 4) is 0 Å². The number of halogens is 2. The number of pyridine rings is 1. The zero-order chi connectivity index (χ0) is 6.81. The Morgan fingerprint density at radius 3 is 2.83 bits per heavy atom. The molecule has 0 radical (unpaired) electrons. The minimum atomic E-state index is 0. The van der Waals surface area contributed by atoms with Crippen molar-refractivity contribution in [2.75, 3.05) is 6.54 Å². The summed E-state index contributed by atoms with van der Waals surface area (Å²) in [5.74, 6) is 0. The van der Waals surface area contributed by atoms with Crippen LogP contribution in [0.25, 0.3) is 0 Å². The van der Waals surface area contributed by atoms with E-state index in [1.54, 1.807) is 0 Å². The lowest BCUT2D eigenvalue weighted by Crippen LogP contribution is -2.23. The first-order valence-corrected chi connectivity index (χ1v) is 3.59. The lowest BCUT2D eigenvalue weighted by atomic mass is 10.0. The molecular weight excluding hydrogens is 195 g/mol. The highest BCUT2D eigenvalue weighted by Crippen LogP contribution is 2.10. The van der Waals surface area contributed by atoms with Crippen molar-refractivity contribution in [3.05, 3.63) is 29.6 Å². The molecule has 0 fully saturated rings. The van der Waals surface area contributed by atoms with E-state index in [2.05, 4.69) is 16.4 Å². The number of rotatable bonds is 0. The van der Waals surface area contributed by atoms with Gasteiger partial charge in [-0.05, 0) is 30.2 Å². The van der Waals surface area contributed by atoms with Crippen LogP contribution in [0.5, 0.6) is 0 Å². The maximum absolute atomic E-state index is 4.07. The topological polar surface area (TPSA) is 24.9 Å². The van der Waals surface area contributed by atoms with Gasteiger partial charge in [-0.3, -0.25) is 4.98 Å². The molecule has 12 heavy (non-hydrogen) atoms. The van der Waals surface area contributed by atoms with Gasteiger partial charge in [-0.15, -0.1) is 24.8 Å². The normalized spacial score (nSPS) is 13.7. The molecule has 0 aliphatic carbocycles. The second-order valence-electron chi connectivity index (χ2n) is 2.57. The van der Waals surface area contributed by atoms with Crippen LogP contribution in [0.4, 0.5) is 0 Å². The van der Waals surface area contributed by atoms with Crippen molar-refractivity contribution in [2.45, 2.75) is 13.0 Å². The Kier molecular flexibility index (Phi) is 5.22. The summed E-state index contributed by atoms with van der Waals surface area (Å²) < 4.78 is 0. The van der Waals surface area contributed by atoms with E-state index in [4.69, 9.17) is 0 Å². The van der Waals surface area contributed by atoms with Gasteiger partial charge in [-0.1, -0.05) is 0 Å². The van der Waals surface area contributed by atoms with E-state index in [1.807, 2.05) is 12.4 Å². The van der Waals surface area contributed by atoms with Crippen LogP contribution in [0.1, 0.15) is 11.1 Å². The van der Waals surface area contributed by atoms with Crippen molar-refractivity contribution in [1.29, 1.82) is 0 Å². The van der Waals surface area contributed by atoms with E-state index < -0.39 is 0 Å². The second kappa shape index (κ2) is 5.36. The summed E-state index contributed by atoms with van der Waals surface area (Å²) in [4.78, 5) is 4.07. The molecular formula is C8H12Cl2N2. The van der Waals surface area contributed by atoms with Crippen LogP contribution in [-0.4, -0.2) is 11.5 Å². The van der Waals surface area contributed by atoms with Gasteiger partial charge in [-0.25, -0.2) is 0 Å². The second-order valence-corrected chi connectivity index (χ2v) is 2.57. The van der Waals surface area contributed by atoms with Crippen LogP contribution in [0.3, 0.4) is 0 Å². The average molecular weight is 207 g/mol. The summed E-state index contributed by atoms with van der Waals surface area (Å²) in [6.45, 7) is 2.11. The maximum atomic E-state index is 4.07. The van der Waals surface area contributed by atoms with Crippen molar-refractivity contribution in [3.63, 3.8) is 0 Å². The van der Waals surface area contributed by atoms with E-state index in [-0.39, 0.29) is 24.8 Å². The number of nitrogens with one attached hydrogen (secondary N) is 1. The molecule has 0 saturated carbocycles. The van der Waals surface area contributed by atoms with Crippen molar-refractivity contribution < 1.29 is 0 Å². The molecule has 1 aromatic heterocycles. The zero-order valence-corrected chi connectivity index (χ0v) is 8.25. The Morgan fingerprint density at radius 2 is 2.08 bits per heavy atom. The van der Waals surface area contributed by atoms with Gasteiger partial charge in [0, 0.05) is 18.9 Å². The number of nitrogens with zero attached hydrogens (tertiary/aromatic N) is 1. The molecule has 68 valence electrons. The summed E-state index contributed by atoms with van der Waals surface area (Å²) in [6, 6.07) is 2.08. The molecule has 0 spiro atoms. The molecule has 1 N–H and O–H groups in total. The molecule has 1 aliphatic heterocycles. The molecule has 0 aromatic carbocycles. The SMILES string of the molecule is Cl.Cl.c1cc2c(cn1)CCNC2. The van der Waals surface area contributed by atoms with Gasteiger partial charge in [0.1, 0.15) is 0 Å². The van der Waals surface area contributed by atoms with Gasteiger partial charge in [0.15, 0.2) is 0 Å². The van der Waals surface area contributed by atoms with Crippen LogP contribution in [0.2, 0.25) is 0 Å². The summed E-state index contributed by atoms with van der Waals surface area (Å²) in [7, 11) is 0. The molecule has 1 aliphatic rings. The summed E-state index contributed by atoms with van der Waals surface area (Å²) in [5.41, 5.74) is 2.81. The van der Waals surface area contributed by atoms with E-state index in [0.29, 0.717) is 0 Å². The zero-order valence-electron chi connectivity index (χ0n) is 6.62. The molecule has 4 heteroatoms. The molecule has 0 saturated heterocycles. The maximum Gasteiger partial charge on any atom is 0.0303 e. The van der Waals surface area contributed by atoms with Gasteiger partial charge in [0.2, 0.25) is 0 Å². The highest BCUT2D eigenvalue weighted by Gasteiger charge is 2.05. The smallest absolute Gasteiger partial charge is 0.0303 e. The van der Waals surface area contributed by atoms with E-state index in [9.17, 15) is 0 Å². The van der Waals surface area contributed by atoms with Crippen molar-refractivity contribution >= 4 is 24.8 Å². The third-order valence-electron chi connectivity index (χ3n) is 1.89. The van der Waals surface area contributed by atoms with E-state index >= 15 is 0 Å². The Bertz CT molecular complexity index is 215. The van der Waals surface area contributed by atoms with Gasteiger partial charge in [0.05, 0.1) is 0 Å².